The Balaban J connectivity index is 1.55. The molecule has 0 radical (unpaired) electrons. The summed E-state index contributed by atoms with van der Waals surface area (Å²) in [5.41, 5.74) is 2.56. The third kappa shape index (κ3) is 5.17. The molecule has 0 unspecified atom stereocenters. The van der Waals surface area contributed by atoms with Gasteiger partial charge in [-0.1, -0.05) is 42.6 Å². The fourth-order valence-corrected chi connectivity index (χ4v) is 5.32. The molecule has 1 aliphatic rings. The minimum Gasteiger partial charge on any atom is -0.355 e. The zero-order valence-electron chi connectivity index (χ0n) is 17.4. The summed E-state index contributed by atoms with van der Waals surface area (Å²) < 4.78 is 28.4. The first-order valence-corrected chi connectivity index (χ1v) is 12.3. The quantitative estimate of drug-likeness (QED) is 0.564. The zero-order valence-corrected chi connectivity index (χ0v) is 19.0. The molecule has 31 heavy (non-hydrogen) atoms. The fourth-order valence-electron chi connectivity index (χ4n) is 3.76. The molecule has 8 heteroatoms. The second-order valence-corrected chi connectivity index (χ2v) is 9.86. The molecule has 3 aromatic rings. The van der Waals surface area contributed by atoms with Crippen LogP contribution in [0.1, 0.15) is 31.2 Å². The second kappa shape index (κ2) is 9.24. The van der Waals surface area contributed by atoms with Crippen LogP contribution in [0.15, 0.2) is 59.5 Å². The molecule has 1 saturated heterocycles. The molecule has 0 saturated carbocycles. The highest BCUT2D eigenvalue weighted by molar-refractivity contribution is 7.92. The average molecular weight is 457 g/mol. The lowest BCUT2D eigenvalue weighted by Gasteiger charge is -2.20. The van der Waals surface area contributed by atoms with E-state index in [4.69, 9.17) is 11.6 Å². The van der Waals surface area contributed by atoms with Gasteiger partial charge in [0.1, 0.15) is 0 Å². The number of anilines is 2. The molecule has 1 fully saturated rings. The van der Waals surface area contributed by atoms with Crippen molar-refractivity contribution in [3.8, 4) is 11.3 Å². The molecule has 0 bridgehead atoms. The van der Waals surface area contributed by atoms with Crippen LogP contribution in [0.25, 0.3) is 11.3 Å². The van der Waals surface area contributed by atoms with Crippen LogP contribution >= 0.6 is 11.6 Å². The Morgan fingerprint density at radius 3 is 2.42 bits per heavy atom. The lowest BCUT2D eigenvalue weighted by molar-refractivity contribution is 0.600. The molecule has 2 heterocycles. The number of hydrogen-bond donors (Lipinski definition) is 1. The van der Waals surface area contributed by atoms with E-state index >= 15 is 0 Å². The number of sulfonamides is 1. The van der Waals surface area contributed by atoms with Crippen molar-refractivity contribution in [2.45, 2.75) is 37.5 Å². The SMILES string of the molecule is Cc1ccc(Cl)cc1S(=O)(=O)Nc1cccc(-c2ccc(N3CCCCCC3)nn2)c1. The molecule has 1 N–H and O–H groups in total. The van der Waals surface area contributed by atoms with Crippen molar-refractivity contribution >= 4 is 33.1 Å². The summed E-state index contributed by atoms with van der Waals surface area (Å²) in [5, 5.41) is 9.18. The first-order chi connectivity index (χ1) is 14.9. The first kappa shape index (κ1) is 21.6. The van der Waals surface area contributed by atoms with E-state index in [0.29, 0.717) is 22.0 Å². The van der Waals surface area contributed by atoms with E-state index in [1.165, 1.54) is 31.7 Å². The summed E-state index contributed by atoms with van der Waals surface area (Å²) in [6, 6.07) is 15.9. The van der Waals surface area contributed by atoms with Crippen LogP contribution in [0.2, 0.25) is 5.02 Å². The molecule has 1 aliphatic heterocycles. The van der Waals surface area contributed by atoms with Gasteiger partial charge >= 0.3 is 0 Å². The van der Waals surface area contributed by atoms with Crippen LogP contribution in [-0.2, 0) is 10.0 Å². The topological polar surface area (TPSA) is 75.2 Å². The summed E-state index contributed by atoms with van der Waals surface area (Å²) in [6.45, 7) is 3.76. The average Bonchev–Trinajstić information content (AvgIpc) is 3.05. The fraction of sp³-hybridized carbons (Fsp3) is 0.304. The van der Waals surface area contributed by atoms with Crippen molar-refractivity contribution < 1.29 is 8.42 Å². The number of nitrogens with zero attached hydrogens (tertiary/aromatic N) is 3. The van der Waals surface area contributed by atoms with Gasteiger partial charge in [0, 0.05) is 29.4 Å². The van der Waals surface area contributed by atoms with Crippen LogP contribution in [0.3, 0.4) is 0 Å². The zero-order chi connectivity index (χ0) is 21.8. The summed E-state index contributed by atoms with van der Waals surface area (Å²) in [7, 11) is -3.77. The maximum atomic E-state index is 12.9. The van der Waals surface area contributed by atoms with Gasteiger partial charge in [-0.25, -0.2) is 8.42 Å². The van der Waals surface area contributed by atoms with Gasteiger partial charge in [-0.05, 0) is 61.7 Å². The lowest BCUT2D eigenvalue weighted by atomic mass is 10.1. The summed E-state index contributed by atoms with van der Waals surface area (Å²) in [6.07, 6.45) is 4.88. The molecule has 6 nitrogen and oxygen atoms in total. The third-order valence-electron chi connectivity index (χ3n) is 5.43. The van der Waals surface area contributed by atoms with Gasteiger partial charge in [-0.15, -0.1) is 10.2 Å². The molecule has 0 aliphatic carbocycles. The highest BCUT2D eigenvalue weighted by Crippen LogP contribution is 2.26. The Morgan fingerprint density at radius 1 is 0.935 bits per heavy atom. The Morgan fingerprint density at radius 2 is 1.71 bits per heavy atom. The van der Waals surface area contributed by atoms with E-state index in [0.717, 1.165) is 24.5 Å². The number of halogens is 1. The minimum atomic E-state index is -3.77. The van der Waals surface area contributed by atoms with Gasteiger partial charge < -0.3 is 4.90 Å². The Labute approximate surface area is 188 Å². The van der Waals surface area contributed by atoms with Gasteiger partial charge in [-0.2, -0.15) is 0 Å². The Bertz CT molecular complexity index is 1160. The van der Waals surface area contributed by atoms with Gasteiger partial charge in [-0.3, -0.25) is 4.72 Å². The highest BCUT2D eigenvalue weighted by Gasteiger charge is 2.18. The van der Waals surface area contributed by atoms with Gasteiger partial charge in [0.05, 0.1) is 10.6 Å². The summed E-state index contributed by atoms with van der Waals surface area (Å²) in [5.74, 6) is 0.888. The standard InChI is InChI=1S/C23H25ClN4O2S/c1-17-9-10-19(24)16-22(17)31(29,30)27-20-8-6-7-18(15-20)21-11-12-23(26-25-21)28-13-4-2-3-5-14-28/h6-12,15-16,27H,2-5,13-14H2,1H3. The first-order valence-electron chi connectivity index (χ1n) is 10.4. The Hall–Kier alpha value is -2.64. The maximum absolute atomic E-state index is 12.9. The number of aryl methyl sites for hydroxylation is 1. The smallest absolute Gasteiger partial charge is 0.262 e. The molecule has 2 aromatic carbocycles. The molecule has 0 amide bonds. The third-order valence-corrected chi connectivity index (χ3v) is 7.19. The molecule has 4 rings (SSSR count). The monoisotopic (exact) mass is 456 g/mol. The van der Waals surface area contributed by atoms with Crippen molar-refractivity contribution in [3.05, 3.63) is 65.2 Å². The van der Waals surface area contributed by atoms with E-state index in [1.807, 2.05) is 18.2 Å². The van der Waals surface area contributed by atoms with Crippen LogP contribution in [0.4, 0.5) is 11.5 Å². The van der Waals surface area contributed by atoms with Crippen molar-refractivity contribution in [2.75, 3.05) is 22.7 Å². The van der Waals surface area contributed by atoms with E-state index < -0.39 is 10.0 Å². The van der Waals surface area contributed by atoms with Crippen LogP contribution in [0.5, 0.6) is 0 Å². The largest absolute Gasteiger partial charge is 0.355 e. The maximum Gasteiger partial charge on any atom is 0.262 e. The highest BCUT2D eigenvalue weighted by atomic mass is 35.5. The molecular weight excluding hydrogens is 432 g/mol. The van der Waals surface area contributed by atoms with E-state index in [-0.39, 0.29) is 4.90 Å². The lowest BCUT2D eigenvalue weighted by Crippen LogP contribution is -2.25. The number of nitrogens with one attached hydrogen (secondary N) is 1. The van der Waals surface area contributed by atoms with Crippen molar-refractivity contribution in [1.82, 2.24) is 10.2 Å². The second-order valence-electron chi connectivity index (χ2n) is 7.77. The summed E-state index contributed by atoms with van der Waals surface area (Å²) >= 11 is 6.00. The van der Waals surface area contributed by atoms with E-state index in [9.17, 15) is 8.42 Å². The summed E-state index contributed by atoms with van der Waals surface area (Å²) in [4.78, 5) is 2.44. The molecule has 1 aromatic heterocycles. The molecular formula is C23H25ClN4O2S. The molecule has 0 spiro atoms. The van der Waals surface area contributed by atoms with Crippen molar-refractivity contribution in [2.24, 2.45) is 0 Å². The van der Waals surface area contributed by atoms with Crippen molar-refractivity contribution in [3.63, 3.8) is 0 Å². The normalized spacial score (nSPS) is 14.8. The van der Waals surface area contributed by atoms with E-state index in [1.54, 1.807) is 37.3 Å². The number of rotatable bonds is 5. The number of hydrogen-bond acceptors (Lipinski definition) is 5. The predicted octanol–water partition coefficient (Wildman–Crippen LogP) is 5.29. The minimum absolute atomic E-state index is 0.159. The number of benzene rings is 2. The van der Waals surface area contributed by atoms with Gasteiger partial charge in [0.25, 0.3) is 10.0 Å². The van der Waals surface area contributed by atoms with E-state index in [2.05, 4.69) is 19.8 Å². The van der Waals surface area contributed by atoms with Gasteiger partial charge in [0.2, 0.25) is 0 Å². The molecule has 0 atom stereocenters. The number of aromatic nitrogens is 2. The molecule has 162 valence electrons. The van der Waals surface area contributed by atoms with Gasteiger partial charge in [0.15, 0.2) is 5.82 Å². The van der Waals surface area contributed by atoms with Crippen LogP contribution in [-0.4, -0.2) is 31.7 Å². The predicted molar refractivity (Wildman–Crippen MR) is 125 cm³/mol. The van der Waals surface area contributed by atoms with Crippen LogP contribution in [0, 0.1) is 6.92 Å². The van der Waals surface area contributed by atoms with Crippen molar-refractivity contribution in [1.29, 1.82) is 0 Å². The Kier molecular flexibility index (Phi) is 6.43. The van der Waals surface area contributed by atoms with Crippen LogP contribution < -0.4 is 9.62 Å².